The Bertz CT molecular complexity index is 171. The Morgan fingerprint density at radius 1 is 1.00 bits per heavy atom. The molecule has 0 fully saturated rings. The Labute approximate surface area is 91.3 Å². The van der Waals surface area contributed by atoms with Gasteiger partial charge in [-0.3, -0.25) is 13.6 Å². The molecule has 0 aliphatic rings. The highest BCUT2D eigenvalue weighted by atomic mass is 31.2. The molecule has 0 aromatic rings. The van der Waals surface area contributed by atoms with Crippen molar-refractivity contribution in [1.82, 2.24) is 0 Å². The second-order valence-corrected chi connectivity index (χ2v) is 4.75. The summed E-state index contributed by atoms with van der Waals surface area (Å²) >= 11 is 0. The highest BCUT2D eigenvalue weighted by Gasteiger charge is 2.25. The van der Waals surface area contributed by atoms with Crippen molar-refractivity contribution in [3.63, 3.8) is 0 Å². The normalized spacial score (nSPS) is 11.9. The summed E-state index contributed by atoms with van der Waals surface area (Å²) in [6.07, 6.45) is 3.45. The van der Waals surface area contributed by atoms with Gasteiger partial charge in [0, 0.05) is 0 Å². The fourth-order valence-electron chi connectivity index (χ4n) is 0.824. The van der Waals surface area contributed by atoms with Gasteiger partial charge < -0.3 is 5.11 Å². The second kappa shape index (κ2) is 9.31. The number of hydrogen-bond donors (Lipinski definition) is 1. The van der Waals surface area contributed by atoms with Crippen LogP contribution in [0, 0.1) is 0 Å². The maximum Gasteiger partial charge on any atom is 0.476 e. The Kier molecular flexibility index (Phi) is 9.35. The molecule has 0 atom stereocenters. The van der Waals surface area contributed by atoms with Crippen molar-refractivity contribution < 1.29 is 23.2 Å². The molecule has 0 rings (SSSR count). The summed E-state index contributed by atoms with van der Waals surface area (Å²) in [7, 11) is -3.53. The van der Waals surface area contributed by atoms with Gasteiger partial charge in [-0.25, -0.2) is 4.57 Å². The van der Waals surface area contributed by atoms with Gasteiger partial charge in [0.1, 0.15) is 0 Å². The van der Waals surface area contributed by atoms with Crippen LogP contribution in [-0.4, -0.2) is 25.1 Å². The first-order valence-electron chi connectivity index (χ1n) is 5.33. The van der Waals surface area contributed by atoms with Crippen molar-refractivity contribution >= 4 is 7.82 Å². The highest BCUT2D eigenvalue weighted by molar-refractivity contribution is 7.48. The van der Waals surface area contributed by atoms with E-state index in [0.29, 0.717) is 13.2 Å². The van der Waals surface area contributed by atoms with Gasteiger partial charge in [0.2, 0.25) is 0 Å². The molecule has 0 amide bonds. The average Bonchev–Trinajstić information content (AvgIpc) is 2.19. The van der Waals surface area contributed by atoms with Crippen LogP contribution < -0.4 is 0 Å². The monoisotopic (exact) mass is 240 g/mol. The summed E-state index contributed by atoms with van der Waals surface area (Å²) in [5.41, 5.74) is 0. The van der Waals surface area contributed by atoms with Crippen molar-refractivity contribution in [3.8, 4) is 0 Å². The van der Waals surface area contributed by atoms with Gasteiger partial charge in [-0.2, -0.15) is 0 Å². The molecule has 0 aliphatic heterocycles. The zero-order chi connectivity index (χ0) is 11.6. The summed E-state index contributed by atoms with van der Waals surface area (Å²) in [6, 6.07) is 0. The summed E-state index contributed by atoms with van der Waals surface area (Å²) in [5.74, 6) is 0. The first-order chi connectivity index (χ1) is 7.18. The molecule has 0 radical (unpaired) electrons. The molecule has 0 saturated carbocycles. The third kappa shape index (κ3) is 7.94. The van der Waals surface area contributed by atoms with Crippen molar-refractivity contribution in [2.24, 2.45) is 0 Å². The van der Waals surface area contributed by atoms with Gasteiger partial charge in [0.25, 0.3) is 0 Å². The average molecular weight is 240 g/mol. The van der Waals surface area contributed by atoms with Crippen LogP contribution in [0.5, 0.6) is 0 Å². The number of hydrogen-bond acceptors (Lipinski definition) is 5. The number of phosphoric acid groups is 1. The maximum atomic E-state index is 11.7. The minimum atomic E-state index is -3.53. The Morgan fingerprint density at radius 2 is 1.47 bits per heavy atom. The number of unbranched alkanes of at least 4 members (excludes halogenated alkanes) is 2. The summed E-state index contributed by atoms with van der Waals surface area (Å²) in [6.45, 7) is 3.98. The lowest BCUT2D eigenvalue weighted by Crippen LogP contribution is -2.03. The molecule has 0 aliphatic carbocycles. The summed E-state index contributed by atoms with van der Waals surface area (Å²) in [4.78, 5) is 0. The fourth-order valence-corrected chi connectivity index (χ4v) is 1.89. The molecule has 1 N–H and O–H groups in total. The zero-order valence-electron chi connectivity index (χ0n) is 9.48. The topological polar surface area (TPSA) is 65.0 Å². The zero-order valence-corrected chi connectivity index (χ0v) is 10.4. The first-order valence-corrected chi connectivity index (χ1v) is 6.79. The van der Waals surface area contributed by atoms with E-state index in [-0.39, 0.29) is 0 Å². The highest BCUT2D eigenvalue weighted by Crippen LogP contribution is 2.49. The maximum absolute atomic E-state index is 11.7. The van der Waals surface area contributed by atoms with Gasteiger partial charge in [-0.1, -0.05) is 26.7 Å². The quantitative estimate of drug-likeness (QED) is 0.361. The lowest BCUT2D eigenvalue weighted by Gasteiger charge is -2.16. The molecule has 6 heteroatoms. The molecule has 0 aromatic heterocycles. The van der Waals surface area contributed by atoms with Crippen LogP contribution >= 0.6 is 7.82 Å². The number of phosphoric ester groups is 1. The minimum absolute atomic E-state index is 0.319. The predicted molar refractivity (Wildman–Crippen MR) is 57.5 cm³/mol. The molecule has 0 bridgehead atoms. The molecule has 0 aromatic carbocycles. The van der Waals surface area contributed by atoms with Gasteiger partial charge in [-0.15, -0.1) is 0 Å². The van der Waals surface area contributed by atoms with Crippen molar-refractivity contribution in [1.29, 1.82) is 0 Å². The van der Waals surface area contributed by atoms with E-state index < -0.39 is 14.6 Å². The second-order valence-electron chi connectivity index (χ2n) is 3.08. The molecule has 0 unspecified atom stereocenters. The molecule has 0 heterocycles. The number of aliphatic hydroxyl groups excluding tert-OH is 1. The molecule has 92 valence electrons. The third-order valence-electron chi connectivity index (χ3n) is 1.71. The van der Waals surface area contributed by atoms with Crippen LogP contribution in [0.2, 0.25) is 0 Å². The van der Waals surface area contributed by atoms with Crippen molar-refractivity contribution in [3.05, 3.63) is 0 Å². The van der Waals surface area contributed by atoms with E-state index in [9.17, 15) is 4.57 Å². The van der Waals surface area contributed by atoms with E-state index in [1.54, 1.807) is 0 Å². The van der Waals surface area contributed by atoms with Crippen LogP contribution in [0.3, 0.4) is 0 Å². The molecule has 0 spiro atoms. The lowest BCUT2D eigenvalue weighted by molar-refractivity contribution is 0.0368. The van der Waals surface area contributed by atoms with Gasteiger partial charge >= 0.3 is 7.82 Å². The van der Waals surface area contributed by atoms with E-state index in [4.69, 9.17) is 14.2 Å². The Hall–Kier alpha value is 0.0700. The van der Waals surface area contributed by atoms with Crippen LogP contribution in [-0.2, 0) is 18.1 Å². The minimum Gasteiger partial charge on any atom is -0.370 e. The SMILES string of the molecule is CCCCOP(=O)(OCO)OCCCC. The molecule has 15 heavy (non-hydrogen) atoms. The fraction of sp³-hybridized carbons (Fsp3) is 1.00. The van der Waals surface area contributed by atoms with E-state index in [1.165, 1.54) is 0 Å². The third-order valence-corrected chi connectivity index (χ3v) is 3.14. The van der Waals surface area contributed by atoms with Crippen LogP contribution in [0.25, 0.3) is 0 Å². The van der Waals surface area contributed by atoms with Crippen LogP contribution in [0.4, 0.5) is 0 Å². The van der Waals surface area contributed by atoms with E-state index in [0.717, 1.165) is 25.7 Å². The first kappa shape index (κ1) is 15.1. The van der Waals surface area contributed by atoms with Crippen molar-refractivity contribution in [2.75, 3.05) is 20.0 Å². The molecular weight excluding hydrogens is 219 g/mol. The smallest absolute Gasteiger partial charge is 0.370 e. The number of aliphatic hydroxyl groups is 1. The van der Waals surface area contributed by atoms with Crippen LogP contribution in [0.1, 0.15) is 39.5 Å². The van der Waals surface area contributed by atoms with Gasteiger partial charge in [-0.05, 0) is 12.8 Å². The van der Waals surface area contributed by atoms with Gasteiger partial charge in [0.05, 0.1) is 13.2 Å². The van der Waals surface area contributed by atoms with Crippen molar-refractivity contribution in [2.45, 2.75) is 39.5 Å². The van der Waals surface area contributed by atoms with E-state index in [1.807, 2.05) is 13.8 Å². The van der Waals surface area contributed by atoms with Crippen LogP contribution in [0.15, 0.2) is 0 Å². The standard InChI is InChI=1S/C9H21O5P/c1-3-5-7-12-15(11,14-9-10)13-8-6-4-2/h10H,3-9H2,1-2H3. The Balaban J connectivity index is 3.89. The van der Waals surface area contributed by atoms with Gasteiger partial charge in [0.15, 0.2) is 6.79 Å². The molecular formula is C9H21O5P. The largest absolute Gasteiger partial charge is 0.476 e. The predicted octanol–water partition coefficient (Wildman–Crippen LogP) is 2.69. The number of rotatable bonds is 10. The molecule has 0 saturated heterocycles. The lowest BCUT2D eigenvalue weighted by atomic mass is 10.4. The summed E-state index contributed by atoms with van der Waals surface area (Å²) < 4.78 is 26.3. The molecule has 5 nitrogen and oxygen atoms in total. The van der Waals surface area contributed by atoms with E-state index >= 15 is 0 Å². The van der Waals surface area contributed by atoms with E-state index in [2.05, 4.69) is 4.52 Å². The summed E-state index contributed by atoms with van der Waals surface area (Å²) in [5, 5.41) is 8.56. The Morgan fingerprint density at radius 3 is 1.80 bits per heavy atom.